The minimum Gasteiger partial charge on any atom is -0.341 e. The van der Waals surface area contributed by atoms with E-state index < -0.39 is 0 Å². The lowest BCUT2D eigenvalue weighted by Crippen LogP contribution is -2.41. The number of rotatable bonds is 6. The molecule has 3 nitrogen and oxygen atoms in total. The summed E-state index contributed by atoms with van der Waals surface area (Å²) in [6.45, 7) is 5.89. The van der Waals surface area contributed by atoms with Crippen LogP contribution in [0.15, 0.2) is 18.2 Å². The summed E-state index contributed by atoms with van der Waals surface area (Å²) in [6.07, 6.45) is 2.63. The molecule has 1 aromatic carbocycles. The Bertz CT molecular complexity index is 507. The van der Waals surface area contributed by atoms with Crippen LogP contribution < -0.4 is 5.32 Å². The molecule has 1 aliphatic rings. The molecule has 0 saturated carbocycles. The molecule has 0 bridgehead atoms. The predicted molar refractivity (Wildman–Crippen MR) is 87.9 cm³/mol. The average molecular weight is 329 g/mol. The predicted octanol–water partition coefficient (Wildman–Crippen LogP) is 4.05. The Balaban J connectivity index is 1.97. The number of hydrogen-bond donors (Lipinski definition) is 1. The van der Waals surface area contributed by atoms with E-state index in [1.54, 1.807) is 0 Å². The van der Waals surface area contributed by atoms with Gasteiger partial charge in [0.1, 0.15) is 0 Å². The van der Waals surface area contributed by atoms with E-state index in [0.29, 0.717) is 16.5 Å². The van der Waals surface area contributed by atoms with Crippen LogP contribution in [-0.4, -0.2) is 29.9 Å². The second-order valence-corrected chi connectivity index (χ2v) is 6.46. The number of carbonyl (C=O) groups excluding carboxylic acids is 1. The first kappa shape index (κ1) is 16.6. The second kappa shape index (κ2) is 7.48. The average Bonchev–Trinajstić information content (AvgIpc) is 2.85. The van der Waals surface area contributed by atoms with E-state index in [0.717, 1.165) is 31.5 Å². The first-order valence-electron chi connectivity index (χ1n) is 7.50. The smallest absolute Gasteiger partial charge is 0.222 e. The third-order valence-electron chi connectivity index (χ3n) is 3.91. The van der Waals surface area contributed by atoms with E-state index in [9.17, 15) is 4.79 Å². The molecule has 0 aromatic heterocycles. The van der Waals surface area contributed by atoms with Crippen molar-refractivity contribution < 1.29 is 4.79 Å². The molecule has 116 valence electrons. The van der Waals surface area contributed by atoms with Crippen molar-refractivity contribution in [1.82, 2.24) is 10.2 Å². The highest BCUT2D eigenvalue weighted by atomic mass is 35.5. The van der Waals surface area contributed by atoms with Crippen molar-refractivity contribution in [2.75, 3.05) is 13.1 Å². The first-order valence-corrected chi connectivity index (χ1v) is 8.25. The van der Waals surface area contributed by atoms with E-state index in [1.807, 2.05) is 23.1 Å². The van der Waals surface area contributed by atoms with E-state index >= 15 is 0 Å². The van der Waals surface area contributed by atoms with Crippen molar-refractivity contribution in [2.24, 2.45) is 0 Å². The summed E-state index contributed by atoms with van der Waals surface area (Å²) < 4.78 is 0. The minimum atomic E-state index is 0.215. The van der Waals surface area contributed by atoms with Crippen molar-refractivity contribution in [3.8, 4) is 0 Å². The quantitative estimate of drug-likeness (QED) is 0.854. The van der Waals surface area contributed by atoms with Gasteiger partial charge in [-0.2, -0.15) is 0 Å². The van der Waals surface area contributed by atoms with Crippen molar-refractivity contribution in [3.05, 3.63) is 33.8 Å². The van der Waals surface area contributed by atoms with Gasteiger partial charge in [0.15, 0.2) is 0 Å². The summed E-state index contributed by atoms with van der Waals surface area (Å²) in [4.78, 5) is 13.6. The zero-order valence-electron chi connectivity index (χ0n) is 12.5. The summed E-state index contributed by atoms with van der Waals surface area (Å²) in [7, 11) is 0. The molecule has 2 unspecified atom stereocenters. The number of nitrogens with zero attached hydrogens (tertiary/aromatic N) is 1. The zero-order chi connectivity index (χ0) is 15.4. The van der Waals surface area contributed by atoms with Crippen LogP contribution in [-0.2, 0) is 4.79 Å². The van der Waals surface area contributed by atoms with E-state index in [-0.39, 0.29) is 18.0 Å². The SMILES string of the molecule is CCC(NC(C)CN1CCCC1=O)c1ccc(Cl)c(Cl)c1. The van der Waals surface area contributed by atoms with Crippen molar-refractivity contribution in [1.29, 1.82) is 0 Å². The van der Waals surface area contributed by atoms with Gasteiger partial charge in [0, 0.05) is 31.6 Å². The third-order valence-corrected chi connectivity index (χ3v) is 4.64. The first-order chi connectivity index (χ1) is 10.0. The van der Waals surface area contributed by atoms with Gasteiger partial charge in [-0.25, -0.2) is 0 Å². The minimum absolute atomic E-state index is 0.215. The van der Waals surface area contributed by atoms with Gasteiger partial charge in [0.05, 0.1) is 10.0 Å². The standard InChI is InChI=1S/C16H22Cl2N2O/c1-3-15(12-6-7-13(17)14(18)9-12)19-11(2)10-20-8-4-5-16(20)21/h6-7,9,11,15,19H,3-5,8,10H2,1-2H3. The number of hydrogen-bond acceptors (Lipinski definition) is 2. The highest BCUT2D eigenvalue weighted by Gasteiger charge is 2.23. The normalized spacial score (nSPS) is 18.1. The van der Waals surface area contributed by atoms with Gasteiger partial charge in [0.2, 0.25) is 5.91 Å². The Labute approximate surface area is 136 Å². The lowest BCUT2D eigenvalue weighted by atomic mass is 10.0. The maximum absolute atomic E-state index is 11.7. The highest BCUT2D eigenvalue weighted by Crippen LogP contribution is 2.27. The second-order valence-electron chi connectivity index (χ2n) is 5.65. The summed E-state index contributed by atoms with van der Waals surface area (Å²) in [6, 6.07) is 6.21. The molecular formula is C16H22Cl2N2O. The molecule has 2 atom stereocenters. The lowest BCUT2D eigenvalue weighted by molar-refractivity contribution is -0.127. The highest BCUT2D eigenvalue weighted by molar-refractivity contribution is 6.42. The molecule has 1 N–H and O–H groups in total. The fraction of sp³-hybridized carbons (Fsp3) is 0.562. The van der Waals surface area contributed by atoms with Crippen LogP contribution >= 0.6 is 23.2 Å². The molecule has 0 aliphatic carbocycles. The molecular weight excluding hydrogens is 307 g/mol. The Morgan fingerprint density at radius 2 is 2.10 bits per heavy atom. The molecule has 1 saturated heterocycles. The lowest BCUT2D eigenvalue weighted by Gasteiger charge is -2.26. The van der Waals surface area contributed by atoms with Gasteiger partial charge in [-0.1, -0.05) is 36.2 Å². The molecule has 1 amide bonds. The molecule has 21 heavy (non-hydrogen) atoms. The Morgan fingerprint density at radius 3 is 2.67 bits per heavy atom. The summed E-state index contributed by atoms with van der Waals surface area (Å²) in [5.74, 6) is 0.270. The van der Waals surface area contributed by atoms with Gasteiger partial charge >= 0.3 is 0 Å². The Morgan fingerprint density at radius 1 is 1.33 bits per heavy atom. The van der Waals surface area contributed by atoms with Crippen LogP contribution in [0, 0.1) is 0 Å². The van der Waals surface area contributed by atoms with Gasteiger partial charge in [0.25, 0.3) is 0 Å². The molecule has 0 spiro atoms. The molecule has 1 heterocycles. The Hall–Kier alpha value is -0.770. The topological polar surface area (TPSA) is 32.3 Å². The van der Waals surface area contributed by atoms with E-state index in [1.165, 1.54) is 0 Å². The van der Waals surface area contributed by atoms with Crippen LogP contribution in [0.3, 0.4) is 0 Å². The Kier molecular flexibility index (Phi) is 5.91. The largest absolute Gasteiger partial charge is 0.341 e. The van der Waals surface area contributed by atoms with E-state index in [2.05, 4.69) is 19.2 Å². The summed E-state index contributed by atoms with van der Waals surface area (Å²) in [5, 5.41) is 4.74. The van der Waals surface area contributed by atoms with Crippen LogP contribution in [0.5, 0.6) is 0 Å². The number of nitrogens with one attached hydrogen (secondary N) is 1. The number of carbonyl (C=O) groups is 1. The molecule has 1 fully saturated rings. The van der Waals surface area contributed by atoms with Crippen LogP contribution in [0.1, 0.15) is 44.7 Å². The molecule has 1 aromatic rings. The molecule has 0 radical (unpaired) electrons. The van der Waals surface area contributed by atoms with E-state index in [4.69, 9.17) is 23.2 Å². The fourth-order valence-electron chi connectivity index (χ4n) is 2.80. The van der Waals surface area contributed by atoms with Gasteiger partial charge in [-0.05, 0) is 37.5 Å². The molecule has 5 heteroatoms. The maximum atomic E-state index is 11.7. The van der Waals surface area contributed by atoms with Gasteiger partial charge in [-0.15, -0.1) is 0 Å². The monoisotopic (exact) mass is 328 g/mol. The number of benzene rings is 1. The number of likely N-dealkylation sites (tertiary alicyclic amines) is 1. The van der Waals surface area contributed by atoms with Crippen molar-refractivity contribution in [3.63, 3.8) is 0 Å². The van der Waals surface area contributed by atoms with Crippen molar-refractivity contribution >= 4 is 29.1 Å². The fourth-order valence-corrected chi connectivity index (χ4v) is 3.11. The molecule has 2 rings (SSSR count). The zero-order valence-corrected chi connectivity index (χ0v) is 14.0. The number of amides is 1. The van der Waals surface area contributed by atoms with Crippen LogP contribution in [0.2, 0.25) is 10.0 Å². The van der Waals surface area contributed by atoms with Crippen LogP contribution in [0.25, 0.3) is 0 Å². The third kappa shape index (κ3) is 4.35. The summed E-state index contributed by atoms with van der Waals surface area (Å²) in [5.41, 5.74) is 1.13. The van der Waals surface area contributed by atoms with Crippen LogP contribution in [0.4, 0.5) is 0 Å². The van der Waals surface area contributed by atoms with Crippen molar-refractivity contribution in [2.45, 2.75) is 45.2 Å². The molecule has 1 aliphatic heterocycles. The number of halogens is 2. The van der Waals surface area contributed by atoms with Gasteiger partial charge < -0.3 is 10.2 Å². The maximum Gasteiger partial charge on any atom is 0.222 e. The van der Waals surface area contributed by atoms with Gasteiger partial charge in [-0.3, -0.25) is 4.79 Å². The summed E-state index contributed by atoms with van der Waals surface area (Å²) >= 11 is 12.1.